The molecule has 0 bridgehead atoms. The zero-order valence-corrected chi connectivity index (χ0v) is 20.5. The summed E-state index contributed by atoms with van der Waals surface area (Å²) in [5, 5.41) is 23.9. The highest BCUT2D eigenvalue weighted by atomic mass is 15.5. The van der Waals surface area contributed by atoms with Gasteiger partial charge in [-0.1, -0.05) is 75.7 Å². The lowest BCUT2D eigenvalue weighted by Gasteiger charge is -2.16. The van der Waals surface area contributed by atoms with E-state index in [1.807, 2.05) is 18.2 Å². The van der Waals surface area contributed by atoms with Crippen molar-refractivity contribution in [3.63, 3.8) is 0 Å². The molecule has 8 nitrogen and oxygen atoms in total. The van der Waals surface area contributed by atoms with Gasteiger partial charge in [0.2, 0.25) is 5.82 Å². The number of aromatic amines is 1. The zero-order chi connectivity index (χ0) is 24.2. The predicted molar refractivity (Wildman–Crippen MR) is 137 cm³/mol. The molecule has 0 amide bonds. The molecule has 0 spiro atoms. The van der Waals surface area contributed by atoms with Crippen molar-refractivity contribution in [1.82, 2.24) is 40.4 Å². The Hall–Kier alpha value is -3.94. The van der Waals surface area contributed by atoms with E-state index in [0.29, 0.717) is 12.4 Å². The van der Waals surface area contributed by atoms with Crippen molar-refractivity contribution in [1.29, 1.82) is 0 Å². The number of imidazole rings is 1. The topological polar surface area (TPSA) is 98.1 Å². The van der Waals surface area contributed by atoms with Crippen molar-refractivity contribution in [2.24, 2.45) is 0 Å². The minimum Gasteiger partial charge on any atom is -0.322 e. The monoisotopic (exact) mass is 466 g/mol. The Morgan fingerprint density at radius 1 is 0.800 bits per heavy atom. The quantitative estimate of drug-likeness (QED) is 0.321. The summed E-state index contributed by atoms with van der Waals surface area (Å²) in [6.07, 6.45) is 4.77. The fraction of sp³-hybridized carbons (Fsp3) is 0.333. The highest BCUT2D eigenvalue weighted by Gasteiger charge is 2.20. The molecule has 1 N–H and O–H groups in total. The number of fused-ring (bicyclic) bond motifs is 1. The second kappa shape index (κ2) is 10.1. The summed E-state index contributed by atoms with van der Waals surface area (Å²) >= 11 is 0. The minimum absolute atomic E-state index is 0.586. The molecule has 0 saturated carbocycles. The number of unbranched alkanes of at least 4 members (excludes halogenated alkanes) is 1. The van der Waals surface area contributed by atoms with E-state index in [4.69, 9.17) is 4.98 Å². The van der Waals surface area contributed by atoms with Gasteiger partial charge in [0.1, 0.15) is 11.3 Å². The van der Waals surface area contributed by atoms with Crippen LogP contribution in [0.5, 0.6) is 0 Å². The van der Waals surface area contributed by atoms with E-state index < -0.39 is 0 Å². The van der Waals surface area contributed by atoms with E-state index in [1.165, 1.54) is 5.56 Å². The summed E-state index contributed by atoms with van der Waals surface area (Å²) in [5.74, 6) is 1.69. The third kappa shape index (κ3) is 4.32. The lowest BCUT2D eigenvalue weighted by atomic mass is 9.95. The normalized spacial score (nSPS) is 11.4. The van der Waals surface area contributed by atoms with Crippen molar-refractivity contribution in [2.75, 3.05) is 0 Å². The van der Waals surface area contributed by atoms with E-state index >= 15 is 0 Å². The van der Waals surface area contributed by atoms with Gasteiger partial charge in [0.05, 0.1) is 23.4 Å². The molecule has 0 atom stereocenters. The van der Waals surface area contributed by atoms with Gasteiger partial charge >= 0.3 is 0 Å². The second-order valence-corrected chi connectivity index (χ2v) is 8.65. The molecule has 5 rings (SSSR count). The fourth-order valence-corrected chi connectivity index (χ4v) is 4.66. The van der Waals surface area contributed by atoms with Gasteiger partial charge in [-0.05, 0) is 41.2 Å². The number of nitrogens with one attached hydrogen (secondary N) is 1. The maximum absolute atomic E-state index is 5.11. The van der Waals surface area contributed by atoms with Crippen LogP contribution in [-0.4, -0.2) is 40.4 Å². The first-order valence-corrected chi connectivity index (χ1v) is 12.4. The average molecular weight is 467 g/mol. The van der Waals surface area contributed by atoms with E-state index in [1.54, 1.807) is 0 Å². The van der Waals surface area contributed by atoms with Crippen LogP contribution in [0, 0.1) is 0 Å². The van der Waals surface area contributed by atoms with Crippen molar-refractivity contribution in [3.8, 4) is 22.5 Å². The molecule has 0 aliphatic carbocycles. The van der Waals surface area contributed by atoms with Crippen LogP contribution < -0.4 is 0 Å². The molecule has 0 unspecified atom stereocenters. The first kappa shape index (κ1) is 22.8. The molecular weight excluding hydrogens is 436 g/mol. The molecule has 8 heteroatoms. The number of tetrazole rings is 1. The number of hydrogen-bond donors (Lipinski definition) is 1. The van der Waals surface area contributed by atoms with Crippen LogP contribution in [0.3, 0.4) is 0 Å². The molecule has 5 aromatic rings. The number of hydrogen-bond acceptors (Lipinski definition) is 6. The third-order valence-corrected chi connectivity index (χ3v) is 6.46. The van der Waals surface area contributed by atoms with Crippen LogP contribution in [-0.2, 0) is 25.8 Å². The number of benzene rings is 2. The maximum Gasteiger partial charge on any atom is 0.205 e. The van der Waals surface area contributed by atoms with Crippen molar-refractivity contribution < 1.29 is 0 Å². The van der Waals surface area contributed by atoms with E-state index in [2.05, 4.69) is 86.5 Å². The minimum atomic E-state index is 0.586. The molecule has 0 fully saturated rings. The Morgan fingerprint density at radius 2 is 1.51 bits per heavy atom. The Morgan fingerprint density at radius 3 is 2.23 bits per heavy atom. The molecule has 0 aliphatic rings. The molecule has 178 valence electrons. The fourth-order valence-electron chi connectivity index (χ4n) is 4.66. The standard InChI is InChI=1S/C27H30N8/c1-4-7-16-24-28-25-22(5-2)29-30-23(6-3)26(25)35(24)17-18-12-8-9-13-19(18)20-14-10-11-15-21(20)27-31-33-34-32-27/h8-15H,4-7,16-17H2,1-3H3,(H,31,32,33,34). The molecule has 35 heavy (non-hydrogen) atoms. The van der Waals surface area contributed by atoms with Gasteiger partial charge in [-0.2, -0.15) is 15.4 Å². The molecule has 3 heterocycles. The Labute approximate surface area is 204 Å². The molecule has 0 aliphatic heterocycles. The van der Waals surface area contributed by atoms with E-state index in [0.717, 1.165) is 77.0 Å². The summed E-state index contributed by atoms with van der Waals surface area (Å²) in [5.41, 5.74) is 8.45. The highest BCUT2D eigenvalue weighted by Crippen LogP contribution is 2.33. The molecular formula is C27H30N8. The first-order valence-electron chi connectivity index (χ1n) is 12.4. The molecule has 2 aromatic carbocycles. The van der Waals surface area contributed by atoms with Gasteiger partial charge in [0.25, 0.3) is 0 Å². The predicted octanol–water partition coefficient (Wildman–Crippen LogP) is 5.19. The number of rotatable bonds is 9. The average Bonchev–Trinajstić information content (AvgIpc) is 3.56. The van der Waals surface area contributed by atoms with Gasteiger partial charge in [0, 0.05) is 12.0 Å². The van der Waals surface area contributed by atoms with Crippen LogP contribution in [0.1, 0.15) is 56.4 Å². The van der Waals surface area contributed by atoms with Gasteiger partial charge in [-0.3, -0.25) is 0 Å². The summed E-state index contributed by atoms with van der Waals surface area (Å²) < 4.78 is 2.37. The number of aryl methyl sites for hydroxylation is 3. The smallest absolute Gasteiger partial charge is 0.205 e. The second-order valence-electron chi connectivity index (χ2n) is 8.65. The lowest BCUT2D eigenvalue weighted by Crippen LogP contribution is -2.09. The van der Waals surface area contributed by atoms with Crippen molar-refractivity contribution in [3.05, 3.63) is 71.3 Å². The van der Waals surface area contributed by atoms with Crippen molar-refractivity contribution in [2.45, 2.75) is 59.4 Å². The summed E-state index contributed by atoms with van der Waals surface area (Å²) in [4.78, 5) is 5.11. The van der Waals surface area contributed by atoms with Crippen LogP contribution in [0.25, 0.3) is 33.5 Å². The Kier molecular flexibility index (Phi) is 6.61. The van der Waals surface area contributed by atoms with Crippen LogP contribution >= 0.6 is 0 Å². The molecule has 3 aromatic heterocycles. The van der Waals surface area contributed by atoms with Crippen molar-refractivity contribution >= 4 is 11.0 Å². The van der Waals surface area contributed by atoms with Crippen LogP contribution in [0.15, 0.2) is 48.5 Å². The summed E-state index contributed by atoms with van der Waals surface area (Å²) in [6.45, 7) is 7.17. The van der Waals surface area contributed by atoms with E-state index in [9.17, 15) is 0 Å². The highest BCUT2D eigenvalue weighted by molar-refractivity contribution is 5.83. The number of H-pyrrole nitrogens is 1. The van der Waals surface area contributed by atoms with Gasteiger partial charge in [-0.15, -0.1) is 10.2 Å². The number of nitrogens with zero attached hydrogens (tertiary/aromatic N) is 7. The maximum atomic E-state index is 5.11. The van der Waals surface area contributed by atoms with E-state index in [-0.39, 0.29) is 0 Å². The van der Waals surface area contributed by atoms with Gasteiger partial charge < -0.3 is 4.57 Å². The first-order chi connectivity index (χ1) is 17.2. The molecule has 0 saturated heterocycles. The summed E-state index contributed by atoms with van der Waals surface area (Å²) in [7, 11) is 0. The SMILES string of the molecule is CCCCc1nc2c(CC)nnc(CC)c2n1Cc1ccccc1-c1ccccc1-c1nn[nH]n1. The van der Waals surface area contributed by atoms with Gasteiger partial charge in [-0.25, -0.2) is 4.98 Å². The number of aromatic nitrogens is 8. The third-order valence-electron chi connectivity index (χ3n) is 6.46. The van der Waals surface area contributed by atoms with Gasteiger partial charge in [0.15, 0.2) is 0 Å². The Bertz CT molecular complexity index is 1440. The largest absolute Gasteiger partial charge is 0.322 e. The summed E-state index contributed by atoms with van der Waals surface area (Å²) in [6, 6.07) is 16.7. The van der Waals surface area contributed by atoms with Crippen LogP contribution in [0.4, 0.5) is 0 Å². The lowest BCUT2D eigenvalue weighted by molar-refractivity contribution is 0.688. The molecule has 0 radical (unpaired) electrons. The van der Waals surface area contributed by atoms with Crippen LogP contribution in [0.2, 0.25) is 0 Å². The Balaban J connectivity index is 1.68. The zero-order valence-electron chi connectivity index (χ0n) is 20.5.